The monoisotopic (exact) mass is 163 g/mol. The maximum Gasteiger partial charge on any atom is 0.119 e. The van der Waals surface area contributed by atoms with Crippen LogP contribution < -0.4 is 0 Å². The molecule has 0 atom stereocenters. The molecule has 0 spiro atoms. The minimum atomic E-state index is -0.306. The van der Waals surface area contributed by atoms with Crippen LogP contribution >= 0.6 is 0 Å². The topological polar surface area (TPSA) is 70.0 Å². The molecule has 2 N–H and O–H groups in total. The summed E-state index contributed by atoms with van der Waals surface area (Å²) in [5.74, 6) is 0. The third-order valence-corrected chi connectivity index (χ3v) is 1.17. The quantitative estimate of drug-likeness (QED) is 0.329. The molecule has 0 fully saturated rings. The second-order valence-electron chi connectivity index (χ2n) is 2.10. The van der Waals surface area contributed by atoms with Crippen LogP contribution in [-0.4, -0.2) is 28.7 Å². The molecule has 0 bridgehead atoms. The van der Waals surface area contributed by atoms with E-state index in [0.29, 0.717) is 12.8 Å². The third kappa shape index (κ3) is 9.51. The predicted molar refractivity (Wildman–Crippen MR) is 35.9 cm³/mol. The summed E-state index contributed by atoms with van der Waals surface area (Å²) >= 11 is 0. The van der Waals surface area contributed by atoms with Crippen molar-refractivity contribution in [3.63, 3.8) is 0 Å². The largest absolute Gasteiger partial charge is 0.303 e. The van der Waals surface area contributed by atoms with E-state index in [9.17, 15) is 4.79 Å². The highest BCUT2D eigenvalue weighted by molar-refractivity contribution is 5.48. The van der Waals surface area contributed by atoms with Crippen LogP contribution in [0.25, 0.3) is 0 Å². The Morgan fingerprint density at radius 2 is 2.00 bits per heavy atom. The van der Waals surface area contributed by atoms with Crippen LogP contribution in [0.1, 0.15) is 25.7 Å². The first-order valence-corrected chi connectivity index (χ1v) is 3.52. The van der Waals surface area contributed by atoms with Crippen molar-refractivity contribution in [3.8, 4) is 0 Å². The molecule has 0 aromatic heterocycles. The number of unbranched alkanes of at least 4 members (excludes halogenated alkanes) is 3. The van der Waals surface area contributed by atoms with E-state index in [0.717, 1.165) is 19.1 Å². The summed E-state index contributed by atoms with van der Waals surface area (Å²) in [5, 5.41) is 15.8. The standard InChI is InChI=1S/C6H13NO4/c8-5-3-1-2-4-6-11-7(9)10/h5,9-10H,1-4,6H2. The molecule has 0 heterocycles. The second kappa shape index (κ2) is 7.62. The van der Waals surface area contributed by atoms with Crippen LogP contribution in [0.5, 0.6) is 0 Å². The Labute approximate surface area is 65.0 Å². The van der Waals surface area contributed by atoms with Gasteiger partial charge in [-0.1, -0.05) is 6.42 Å². The van der Waals surface area contributed by atoms with Crippen molar-refractivity contribution in [2.75, 3.05) is 6.61 Å². The molecule has 5 heteroatoms. The number of carbonyl (C=O) groups excluding carboxylic acids is 1. The molecule has 0 aromatic rings. The van der Waals surface area contributed by atoms with Crippen molar-refractivity contribution < 1.29 is 20.0 Å². The van der Waals surface area contributed by atoms with Crippen molar-refractivity contribution >= 4 is 6.29 Å². The zero-order chi connectivity index (χ0) is 8.53. The fraction of sp³-hybridized carbons (Fsp3) is 0.833. The maximum absolute atomic E-state index is 9.83. The third-order valence-electron chi connectivity index (χ3n) is 1.17. The Bertz CT molecular complexity index is 96.6. The molecule has 11 heavy (non-hydrogen) atoms. The smallest absolute Gasteiger partial charge is 0.119 e. The molecule has 0 saturated heterocycles. The fourth-order valence-electron chi connectivity index (χ4n) is 0.653. The van der Waals surface area contributed by atoms with Crippen LogP contribution in [0.2, 0.25) is 0 Å². The van der Waals surface area contributed by atoms with E-state index in [-0.39, 0.29) is 12.0 Å². The van der Waals surface area contributed by atoms with Crippen LogP contribution in [-0.2, 0) is 9.63 Å². The number of hydrogen-bond donors (Lipinski definition) is 2. The van der Waals surface area contributed by atoms with Gasteiger partial charge in [-0.05, 0) is 12.8 Å². The van der Waals surface area contributed by atoms with Gasteiger partial charge < -0.3 is 4.79 Å². The van der Waals surface area contributed by atoms with Crippen LogP contribution in [0.15, 0.2) is 0 Å². The van der Waals surface area contributed by atoms with Crippen molar-refractivity contribution in [1.29, 1.82) is 0 Å². The number of aldehydes is 1. The maximum atomic E-state index is 9.83. The molecule has 66 valence electrons. The molecule has 0 unspecified atom stereocenters. The van der Waals surface area contributed by atoms with E-state index in [1.54, 1.807) is 0 Å². The molecule has 0 aliphatic heterocycles. The zero-order valence-corrected chi connectivity index (χ0v) is 6.27. The van der Waals surface area contributed by atoms with Crippen LogP contribution in [0.4, 0.5) is 0 Å². The summed E-state index contributed by atoms with van der Waals surface area (Å²) in [4.78, 5) is 14.1. The summed E-state index contributed by atoms with van der Waals surface area (Å²) in [6, 6.07) is 0. The Morgan fingerprint density at radius 3 is 2.55 bits per heavy atom. The van der Waals surface area contributed by atoms with Crippen molar-refractivity contribution in [3.05, 3.63) is 0 Å². The van der Waals surface area contributed by atoms with Gasteiger partial charge in [0.05, 0.1) is 12.0 Å². The van der Waals surface area contributed by atoms with Crippen LogP contribution in [0.3, 0.4) is 0 Å². The van der Waals surface area contributed by atoms with E-state index in [1.165, 1.54) is 0 Å². The highest BCUT2D eigenvalue weighted by atomic mass is 17.1. The summed E-state index contributed by atoms with van der Waals surface area (Å²) in [6.45, 7) is 0.256. The number of nitrogens with zero attached hydrogens (tertiary/aromatic N) is 1. The molecule has 0 saturated carbocycles. The van der Waals surface area contributed by atoms with Crippen molar-refractivity contribution in [2.45, 2.75) is 25.7 Å². The molecular weight excluding hydrogens is 150 g/mol. The molecule has 5 nitrogen and oxygen atoms in total. The first-order chi connectivity index (χ1) is 5.27. The van der Waals surface area contributed by atoms with E-state index in [2.05, 4.69) is 4.84 Å². The summed E-state index contributed by atoms with van der Waals surface area (Å²) in [7, 11) is 0. The van der Waals surface area contributed by atoms with Crippen molar-refractivity contribution in [1.82, 2.24) is 5.39 Å². The highest BCUT2D eigenvalue weighted by Gasteiger charge is 1.93. The molecule has 0 aliphatic carbocycles. The Hall–Kier alpha value is -0.490. The Morgan fingerprint density at radius 1 is 1.27 bits per heavy atom. The van der Waals surface area contributed by atoms with Gasteiger partial charge in [0.15, 0.2) is 0 Å². The lowest BCUT2D eigenvalue weighted by atomic mass is 10.2. The lowest BCUT2D eigenvalue weighted by Gasteiger charge is -2.04. The summed E-state index contributed by atoms with van der Waals surface area (Å²) in [6.07, 6.45) is 3.81. The first kappa shape index (κ1) is 10.5. The van der Waals surface area contributed by atoms with Gasteiger partial charge in [0, 0.05) is 6.42 Å². The lowest BCUT2D eigenvalue weighted by molar-refractivity contribution is -0.492. The van der Waals surface area contributed by atoms with Gasteiger partial charge in [-0.3, -0.25) is 15.3 Å². The van der Waals surface area contributed by atoms with Gasteiger partial charge in [0.1, 0.15) is 6.29 Å². The predicted octanol–water partition coefficient (Wildman–Crippen LogP) is 0.758. The SMILES string of the molecule is O=CCCCCCON(O)O. The van der Waals surface area contributed by atoms with Gasteiger partial charge in [-0.2, -0.15) is 0 Å². The van der Waals surface area contributed by atoms with Crippen LogP contribution in [0, 0.1) is 0 Å². The summed E-state index contributed by atoms with van der Waals surface area (Å²) < 4.78 is 0. The zero-order valence-electron chi connectivity index (χ0n) is 6.27. The Balaban J connectivity index is 2.85. The van der Waals surface area contributed by atoms with Gasteiger partial charge in [0.2, 0.25) is 0 Å². The molecule has 0 aromatic carbocycles. The van der Waals surface area contributed by atoms with Gasteiger partial charge in [-0.25, -0.2) is 0 Å². The minimum Gasteiger partial charge on any atom is -0.303 e. The second-order valence-corrected chi connectivity index (χ2v) is 2.10. The lowest BCUT2D eigenvalue weighted by Crippen LogP contribution is -2.14. The van der Waals surface area contributed by atoms with Crippen molar-refractivity contribution in [2.24, 2.45) is 0 Å². The molecule has 0 radical (unpaired) electrons. The average Bonchev–Trinajstić information content (AvgIpc) is 1.96. The summed E-state index contributed by atoms with van der Waals surface area (Å²) in [5.41, 5.74) is 0. The number of rotatable bonds is 7. The first-order valence-electron chi connectivity index (χ1n) is 3.52. The molecule has 0 amide bonds. The van der Waals surface area contributed by atoms with E-state index in [1.807, 2.05) is 0 Å². The molecular formula is C6H13NO4. The Kier molecular flexibility index (Phi) is 7.28. The average molecular weight is 163 g/mol. The minimum absolute atomic E-state index is 0.256. The normalized spacial score (nSPS) is 10.5. The highest BCUT2D eigenvalue weighted by Crippen LogP contribution is 1.97. The number of hydrogen-bond acceptors (Lipinski definition) is 5. The van der Waals surface area contributed by atoms with E-state index < -0.39 is 0 Å². The van der Waals surface area contributed by atoms with E-state index >= 15 is 0 Å². The van der Waals surface area contributed by atoms with Gasteiger partial charge >= 0.3 is 0 Å². The fourth-order valence-corrected chi connectivity index (χ4v) is 0.653. The van der Waals surface area contributed by atoms with Gasteiger partial charge in [0.25, 0.3) is 0 Å². The van der Waals surface area contributed by atoms with E-state index in [4.69, 9.17) is 10.4 Å². The molecule has 0 rings (SSSR count). The molecule has 0 aliphatic rings. The van der Waals surface area contributed by atoms with Gasteiger partial charge in [-0.15, -0.1) is 0 Å². The number of carbonyl (C=O) groups is 1.